The molecule has 2 aromatic heterocycles. The lowest BCUT2D eigenvalue weighted by Gasteiger charge is -2.37. The van der Waals surface area contributed by atoms with Gasteiger partial charge in [-0.05, 0) is 74.4 Å². The quantitative estimate of drug-likeness (QED) is 0.200. The first-order chi connectivity index (χ1) is 19.7. The summed E-state index contributed by atoms with van der Waals surface area (Å²) >= 11 is 0. The molecule has 41 heavy (non-hydrogen) atoms. The molecule has 0 spiro atoms. The lowest BCUT2D eigenvalue weighted by Crippen LogP contribution is -2.54. The molecule has 0 radical (unpaired) electrons. The van der Waals surface area contributed by atoms with Gasteiger partial charge in [0.1, 0.15) is 11.3 Å². The average Bonchev–Trinajstić information content (AvgIpc) is 3.72. The molecule has 216 valence electrons. The molecule has 1 atom stereocenters. The predicted molar refractivity (Wildman–Crippen MR) is 148 cm³/mol. The number of hydrogen-bond donors (Lipinski definition) is 0. The number of ether oxygens (including phenoxy) is 2. The summed E-state index contributed by atoms with van der Waals surface area (Å²) in [4.78, 5) is 31.5. The first kappa shape index (κ1) is 27.5. The Morgan fingerprint density at radius 1 is 1.10 bits per heavy atom. The van der Waals surface area contributed by atoms with E-state index in [0.717, 1.165) is 18.4 Å². The van der Waals surface area contributed by atoms with Crippen molar-refractivity contribution in [3.63, 3.8) is 0 Å². The number of fused-ring (bicyclic) bond motifs is 2. The Morgan fingerprint density at radius 2 is 1.85 bits per heavy atom. The SMILES string of the molecule is COC(=O)[C@H]1CC[C@H](OC(F)(C(=O)Cc2ccc3nc(-c4cn(C)c5ccc(F)cc45)oc3c2)N2CCCC2)CC1. The third-order valence-electron chi connectivity index (χ3n) is 8.39. The van der Waals surface area contributed by atoms with Gasteiger partial charge in [-0.15, -0.1) is 0 Å². The van der Waals surface area contributed by atoms with Crippen LogP contribution in [0.4, 0.5) is 8.78 Å². The molecular weight excluding hydrogens is 532 g/mol. The molecule has 6 rings (SSSR count). The molecule has 1 saturated heterocycles. The topological polar surface area (TPSA) is 86.8 Å². The number of rotatable bonds is 8. The highest BCUT2D eigenvalue weighted by atomic mass is 19.2. The number of nitrogens with zero attached hydrogens (tertiary/aromatic N) is 3. The smallest absolute Gasteiger partial charge is 0.330 e. The third-order valence-corrected chi connectivity index (χ3v) is 8.39. The number of ketones is 1. The van der Waals surface area contributed by atoms with Crippen LogP contribution in [0.3, 0.4) is 0 Å². The number of esters is 1. The van der Waals surface area contributed by atoms with Gasteiger partial charge in [-0.1, -0.05) is 6.07 Å². The number of carbonyl (C=O) groups is 2. The number of Topliss-reactive ketones (excluding diaryl/α,β-unsaturated/α-hetero) is 1. The minimum atomic E-state index is -2.55. The summed E-state index contributed by atoms with van der Waals surface area (Å²) in [5, 5.41) is 0.681. The van der Waals surface area contributed by atoms with Crippen molar-refractivity contribution in [1.29, 1.82) is 0 Å². The highest BCUT2D eigenvalue weighted by Gasteiger charge is 2.48. The summed E-state index contributed by atoms with van der Waals surface area (Å²) in [6, 6.07) is 9.73. The second-order valence-electron chi connectivity index (χ2n) is 11.1. The van der Waals surface area contributed by atoms with Crippen LogP contribution in [0, 0.1) is 11.7 Å². The summed E-state index contributed by atoms with van der Waals surface area (Å²) in [6.45, 7) is 0.881. The van der Waals surface area contributed by atoms with E-state index in [9.17, 15) is 14.0 Å². The highest BCUT2D eigenvalue weighted by Crippen LogP contribution is 2.36. The number of carbonyl (C=O) groups excluding carboxylic acids is 2. The van der Waals surface area contributed by atoms with Crippen LogP contribution in [0.1, 0.15) is 44.1 Å². The van der Waals surface area contributed by atoms with E-state index >= 15 is 4.39 Å². The summed E-state index contributed by atoms with van der Waals surface area (Å²) in [6.07, 6.45) is 4.82. The zero-order valence-corrected chi connectivity index (χ0v) is 23.2. The minimum absolute atomic E-state index is 0.185. The van der Waals surface area contributed by atoms with Gasteiger partial charge in [0.25, 0.3) is 0 Å². The van der Waals surface area contributed by atoms with Crippen LogP contribution in [-0.2, 0) is 32.5 Å². The summed E-state index contributed by atoms with van der Waals surface area (Å²) in [7, 11) is 3.23. The Bertz CT molecular complexity index is 1600. The van der Waals surface area contributed by atoms with Gasteiger partial charge < -0.3 is 18.5 Å². The maximum atomic E-state index is 16.6. The number of likely N-dealkylation sites (tertiary alicyclic amines) is 1. The lowest BCUT2D eigenvalue weighted by molar-refractivity contribution is -0.252. The van der Waals surface area contributed by atoms with Crippen molar-refractivity contribution < 1.29 is 32.3 Å². The fourth-order valence-electron chi connectivity index (χ4n) is 6.15. The van der Waals surface area contributed by atoms with Crippen molar-refractivity contribution in [3.8, 4) is 11.5 Å². The number of aryl methyl sites for hydroxylation is 1. The van der Waals surface area contributed by atoms with E-state index in [4.69, 9.17) is 13.9 Å². The van der Waals surface area contributed by atoms with Crippen LogP contribution in [0.2, 0.25) is 0 Å². The number of hydrogen-bond acceptors (Lipinski definition) is 7. The monoisotopic (exact) mass is 565 g/mol. The molecule has 2 aromatic carbocycles. The third kappa shape index (κ3) is 5.26. The van der Waals surface area contributed by atoms with Crippen LogP contribution in [0.5, 0.6) is 0 Å². The number of methoxy groups -OCH3 is 1. The van der Waals surface area contributed by atoms with E-state index in [1.807, 2.05) is 17.8 Å². The van der Waals surface area contributed by atoms with Crippen molar-refractivity contribution in [2.24, 2.45) is 13.0 Å². The summed E-state index contributed by atoms with van der Waals surface area (Å²) in [5.74, 6) is -3.71. The van der Waals surface area contributed by atoms with E-state index in [1.165, 1.54) is 24.1 Å². The van der Waals surface area contributed by atoms with E-state index in [1.54, 1.807) is 24.3 Å². The van der Waals surface area contributed by atoms with Gasteiger partial charge in [0, 0.05) is 43.7 Å². The number of aromatic nitrogens is 2. The molecule has 0 N–H and O–H groups in total. The molecule has 1 aliphatic heterocycles. The second kappa shape index (κ2) is 11.0. The van der Waals surface area contributed by atoms with Crippen LogP contribution in [-0.4, -0.2) is 58.5 Å². The molecule has 10 heteroatoms. The second-order valence-corrected chi connectivity index (χ2v) is 11.1. The Hall–Kier alpha value is -3.63. The Morgan fingerprint density at radius 3 is 2.59 bits per heavy atom. The van der Waals surface area contributed by atoms with Gasteiger partial charge in [-0.25, -0.2) is 14.3 Å². The van der Waals surface area contributed by atoms with Gasteiger partial charge in [0.05, 0.1) is 24.7 Å². The Balaban J connectivity index is 1.22. The van der Waals surface area contributed by atoms with Gasteiger partial charge in [0.15, 0.2) is 5.58 Å². The zero-order chi connectivity index (χ0) is 28.7. The van der Waals surface area contributed by atoms with E-state index in [2.05, 4.69) is 4.98 Å². The zero-order valence-electron chi connectivity index (χ0n) is 23.2. The molecule has 4 aromatic rings. The Kier molecular flexibility index (Phi) is 7.37. The van der Waals surface area contributed by atoms with Crippen LogP contribution in [0.25, 0.3) is 33.5 Å². The van der Waals surface area contributed by atoms with Crippen molar-refractivity contribution in [3.05, 3.63) is 54.0 Å². The van der Waals surface area contributed by atoms with Crippen molar-refractivity contribution in [1.82, 2.24) is 14.5 Å². The van der Waals surface area contributed by atoms with Gasteiger partial charge in [-0.3, -0.25) is 9.59 Å². The van der Waals surface area contributed by atoms with Crippen molar-refractivity contribution >= 4 is 33.8 Å². The van der Waals surface area contributed by atoms with Gasteiger partial charge in [0.2, 0.25) is 11.7 Å². The van der Waals surface area contributed by atoms with E-state index in [0.29, 0.717) is 72.3 Å². The number of halogens is 2. The largest absolute Gasteiger partial charge is 0.469 e. The maximum Gasteiger partial charge on any atom is 0.330 e. The fraction of sp³-hybridized carbons (Fsp3) is 0.452. The van der Waals surface area contributed by atoms with Gasteiger partial charge in [-0.2, -0.15) is 4.39 Å². The van der Waals surface area contributed by atoms with E-state index < -0.39 is 17.9 Å². The molecule has 1 unspecified atom stereocenters. The lowest BCUT2D eigenvalue weighted by atomic mass is 9.87. The minimum Gasteiger partial charge on any atom is -0.469 e. The summed E-state index contributed by atoms with van der Waals surface area (Å²) < 4.78 is 49.3. The molecule has 0 amide bonds. The number of benzene rings is 2. The average molecular weight is 566 g/mol. The standard InChI is InChI=1S/C31H33F2N3O5/c1-35-18-24(23-17-21(32)8-12-26(23)35)29-34-25-11-5-19(15-27(25)40-29)16-28(37)31(33,36-13-3-4-14-36)41-22-9-6-20(7-10-22)30(38)39-2/h5,8,11-12,15,17-18,20,22H,3-4,6-7,9-10,13-14,16H2,1-2H3/t20-,22-,31?. The fourth-order valence-corrected chi connectivity index (χ4v) is 6.15. The number of oxazole rings is 1. The molecule has 2 fully saturated rings. The molecule has 1 saturated carbocycles. The molecule has 8 nitrogen and oxygen atoms in total. The summed E-state index contributed by atoms with van der Waals surface area (Å²) in [5.41, 5.74) is 3.10. The normalized spacial score (nSPS) is 21.4. The highest BCUT2D eigenvalue weighted by molar-refractivity contribution is 5.95. The first-order valence-corrected chi connectivity index (χ1v) is 14.1. The number of alkyl halides is 1. The van der Waals surface area contributed by atoms with Crippen LogP contribution >= 0.6 is 0 Å². The molecular formula is C31H33F2N3O5. The van der Waals surface area contributed by atoms with E-state index in [-0.39, 0.29) is 24.1 Å². The maximum absolute atomic E-state index is 16.6. The predicted octanol–water partition coefficient (Wildman–Crippen LogP) is 5.70. The van der Waals surface area contributed by atoms with Gasteiger partial charge >= 0.3 is 11.9 Å². The Labute approximate surface area is 236 Å². The van der Waals surface area contributed by atoms with Crippen molar-refractivity contribution in [2.75, 3.05) is 20.2 Å². The van der Waals surface area contributed by atoms with Crippen LogP contribution in [0.15, 0.2) is 47.0 Å². The van der Waals surface area contributed by atoms with Crippen LogP contribution < -0.4 is 0 Å². The first-order valence-electron chi connectivity index (χ1n) is 14.1. The molecule has 1 aliphatic carbocycles. The molecule has 2 aliphatic rings. The van der Waals surface area contributed by atoms with Crippen molar-refractivity contribution in [2.45, 2.75) is 57.0 Å². The molecule has 0 bridgehead atoms. The molecule has 3 heterocycles.